The van der Waals surface area contributed by atoms with Crippen molar-refractivity contribution in [2.24, 2.45) is 0 Å². The summed E-state index contributed by atoms with van der Waals surface area (Å²) in [7, 11) is 1.93. The molecule has 0 aliphatic heterocycles. The van der Waals surface area contributed by atoms with Crippen LogP contribution in [0, 0.1) is 0 Å². The van der Waals surface area contributed by atoms with E-state index in [1.807, 2.05) is 13.1 Å². The minimum absolute atomic E-state index is 0.130. The molecule has 0 spiro atoms. The third kappa shape index (κ3) is 1.78. The molecule has 2 aromatic heterocycles. The van der Waals surface area contributed by atoms with Gasteiger partial charge in [-0.3, -0.25) is 0 Å². The van der Waals surface area contributed by atoms with Crippen LogP contribution >= 0.6 is 27.3 Å². The van der Waals surface area contributed by atoms with Crippen molar-refractivity contribution in [3.63, 3.8) is 0 Å². The van der Waals surface area contributed by atoms with E-state index in [9.17, 15) is 0 Å². The zero-order chi connectivity index (χ0) is 9.97. The average molecular weight is 272 g/mol. The van der Waals surface area contributed by atoms with Crippen molar-refractivity contribution >= 4 is 27.3 Å². The van der Waals surface area contributed by atoms with E-state index in [4.69, 9.17) is 4.42 Å². The van der Waals surface area contributed by atoms with Crippen LogP contribution in [-0.2, 0) is 0 Å². The van der Waals surface area contributed by atoms with E-state index < -0.39 is 0 Å². The fourth-order valence-electron chi connectivity index (χ4n) is 1.40. The van der Waals surface area contributed by atoms with Gasteiger partial charge in [0, 0.05) is 0 Å². The summed E-state index contributed by atoms with van der Waals surface area (Å²) in [5.41, 5.74) is 1.23. The van der Waals surface area contributed by atoms with Crippen molar-refractivity contribution in [2.45, 2.75) is 6.04 Å². The SMILES string of the molecule is CNC(c1ccsc1)c1occc1Br. The Morgan fingerprint density at radius 3 is 2.86 bits per heavy atom. The Balaban J connectivity index is 2.36. The van der Waals surface area contributed by atoms with Gasteiger partial charge in [0.25, 0.3) is 0 Å². The van der Waals surface area contributed by atoms with E-state index in [0.29, 0.717) is 0 Å². The first kappa shape index (κ1) is 9.96. The van der Waals surface area contributed by atoms with E-state index in [1.54, 1.807) is 17.6 Å². The van der Waals surface area contributed by atoms with Gasteiger partial charge in [0.15, 0.2) is 0 Å². The number of rotatable bonds is 3. The molecule has 1 atom stereocenters. The molecule has 0 saturated carbocycles. The van der Waals surface area contributed by atoms with Crippen molar-refractivity contribution in [2.75, 3.05) is 7.05 Å². The van der Waals surface area contributed by atoms with Crippen molar-refractivity contribution in [1.29, 1.82) is 0 Å². The molecule has 0 saturated heterocycles. The van der Waals surface area contributed by atoms with Gasteiger partial charge in [-0.2, -0.15) is 11.3 Å². The van der Waals surface area contributed by atoms with Gasteiger partial charge in [-0.15, -0.1) is 0 Å². The minimum atomic E-state index is 0.130. The normalized spacial score (nSPS) is 13.0. The van der Waals surface area contributed by atoms with Gasteiger partial charge in [-0.25, -0.2) is 0 Å². The van der Waals surface area contributed by atoms with Gasteiger partial charge >= 0.3 is 0 Å². The van der Waals surface area contributed by atoms with Gasteiger partial charge in [0.2, 0.25) is 0 Å². The molecule has 0 aromatic carbocycles. The number of hydrogen-bond donors (Lipinski definition) is 1. The molecule has 0 aliphatic rings. The Kier molecular flexibility index (Phi) is 3.05. The lowest BCUT2D eigenvalue weighted by Gasteiger charge is -2.12. The molecule has 2 rings (SSSR count). The van der Waals surface area contributed by atoms with E-state index in [2.05, 4.69) is 38.1 Å². The summed E-state index contributed by atoms with van der Waals surface area (Å²) < 4.78 is 6.44. The molecule has 0 bridgehead atoms. The first-order valence-corrected chi connectivity index (χ1v) is 5.98. The van der Waals surface area contributed by atoms with Crippen LogP contribution in [-0.4, -0.2) is 7.05 Å². The largest absolute Gasteiger partial charge is 0.466 e. The standard InChI is InChI=1S/C10H10BrNOS/c1-12-9(7-3-5-14-6-7)10-8(11)2-4-13-10/h2-6,9,12H,1H3. The van der Waals surface area contributed by atoms with Crippen molar-refractivity contribution in [3.8, 4) is 0 Å². The van der Waals surface area contributed by atoms with Crippen molar-refractivity contribution in [3.05, 3.63) is 45.0 Å². The second-order valence-corrected chi connectivity index (χ2v) is 4.55. The summed E-state index contributed by atoms with van der Waals surface area (Å²) in [5, 5.41) is 7.42. The Hall–Kier alpha value is -0.580. The van der Waals surface area contributed by atoms with E-state index in [1.165, 1.54) is 5.56 Å². The molecule has 4 heteroatoms. The summed E-state index contributed by atoms with van der Waals surface area (Å²) in [4.78, 5) is 0. The second-order valence-electron chi connectivity index (χ2n) is 2.91. The summed E-state index contributed by atoms with van der Waals surface area (Å²) in [6.45, 7) is 0. The van der Waals surface area contributed by atoms with Gasteiger partial charge in [-0.1, -0.05) is 0 Å². The Morgan fingerprint density at radius 2 is 2.36 bits per heavy atom. The van der Waals surface area contributed by atoms with Gasteiger partial charge in [0.1, 0.15) is 5.76 Å². The molecule has 0 aliphatic carbocycles. The fourth-order valence-corrected chi connectivity index (χ4v) is 2.52. The predicted octanol–water partition coefficient (Wildman–Crippen LogP) is 3.41. The fraction of sp³-hybridized carbons (Fsp3) is 0.200. The van der Waals surface area contributed by atoms with Gasteiger partial charge in [0.05, 0.1) is 16.8 Å². The summed E-state index contributed by atoms with van der Waals surface area (Å²) >= 11 is 5.15. The quantitative estimate of drug-likeness (QED) is 0.926. The smallest absolute Gasteiger partial charge is 0.139 e. The van der Waals surface area contributed by atoms with E-state index in [0.717, 1.165) is 10.2 Å². The minimum Gasteiger partial charge on any atom is -0.466 e. The van der Waals surface area contributed by atoms with Crippen molar-refractivity contribution < 1.29 is 4.42 Å². The molecule has 0 radical (unpaired) electrons. The average Bonchev–Trinajstić information content (AvgIpc) is 2.80. The lowest BCUT2D eigenvalue weighted by Crippen LogP contribution is -2.16. The van der Waals surface area contributed by atoms with Crippen LogP contribution in [0.25, 0.3) is 0 Å². The van der Waals surface area contributed by atoms with Crippen LogP contribution in [0.3, 0.4) is 0 Å². The third-order valence-electron chi connectivity index (χ3n) is 2.07. The Bertz CT molecular complexity index is 396. The molecule has 0 amide bonds. The van der Waals surface area contributed by atoms with Crippen molar-refractivity contribution in [1.82, 2.24) is 5.32 Å². The van der Waals surface area contributed by atoms with E-state index >= 15 is 0 Å². The van der Waals surface area contributed by atoms with Crippen LogP contribution in [0.1, 0.15) is 17.4 Å². The highest BCUT2D eigenvalue weighted by atomic mass is 79.9. The molecule has 2 nitrogen and oxygen atoms in total. The Labute approximate surface area is 95.1 Å². The highest BCUT2D eigenvalue weighted by Crippen LogP contribution is 2.30. The summed E-state index contributed by atoms with van der Waals surface area (Å²) in [6, 6.07) is 4.14. The molecular weight excluding hydrogens is 262 g/mol. The molecule has 74 valence electrons. The van der Waals surface area contributed by atoms with Crippen LogP contribution in [0.15, 0.2) is 38.0 Å². The highest BCUT2D eigenvalue weighted by Gasteiger charge is 2.18. The maximum atomic E-state index is 5.44. The number of furan rings is 1. The summed E-state index contributed by atoms with van der Waals surface area (Å²) in [6.07, 6.45) is 1.69. The number of halogens is 1. The lowest BCUT2D eigenvalue weighted by molar-refractivity contribution is 0.461. The Morgan fingerprint density at radius 1 is 1.50 bits per heavy atom. The van der Waals surface area contributed by atoms with E-state index in [-0.39, 0.29) is 6.04 Å². The zero-order valence-corrected chi connectivity index (χ0v) is 10.1. The predicted molar refractivity (Wildman–Crippen MR) is 61.6 cm³/mol. The van der Waals surface area contributed by atoms with Gasteiger partial charge in [-0.05, 0) is 51.4 Å². The molecule has 2 heterocycles. The second kappa shape index (κ2) is 4.29. The molecule has 1 unspecified atom stereocenters. The number of hydrogen-bond acceptors (Lipinski definition) is 3. The third-order valence-corrected chi connectivity index (χ3v) is 3.43. The van der Waals surface area contributed by atoms with Crippen LogP contribution in [0.2, 0.25) is 0 Å². The number of nitrogens with one attached hydrogen (secondary N) is 1. The number of thiophene rings is 1. The molecule has 1 N–H and O–H groups in total. The summed E-state index contributed by atoms with van der Waals surface area (Å²) in [5.74, 6) is 0.922. The van der Waals surface area contributed by atoms with Crippen LogP contribution in [0.4, 0.5) is 0 Å². The van der Waals surface area contributed by atoms with Crippen LogP contribution < -0.4 is 5.32 Å². The molecular formula is C10H10BrNOS. The maximum Gasteiger partial charge on any atom is 0.139 e. The molecule has 0 fully saturated rings. The highest BCUT2D eigenvalue weighted by molar-refractivity contribution is 9.10. The topological polar surface area (TPSA) is 25.2 Å². The molecule has 2 aromatic rings. The van der Waals surface area contributed by atoms with Gasteiger partial charge < -0.3 is 9.73 Å². The first-order valence-electron chi connectivity index (χ1n) is 4.25. The maximum absolute atomic E-state index is 5.44. The van der Waals surface area contributed by atoms with Crippen LogP contribution in [0.5, 0.6) is 0 Å². The molecule has 14 heavy (non-hydrogen) atoms. The zero-order valence-electron chi connectivity index (χ0n) is 7.66. The first-order chi connectivity index (χ1) is 6.83. The monoisotopic (exact) mass is 271 g/mol. The lowest BCUT2D eigenvalue weighted by atomic mass is 10.1.